The van der Waals surface area contributed by atoms with Crippen LogP contribution in [0.25, 0.3) is 10.9 Å². The van der Waals surface area contributed by atoms with Gasteiger partial charge in [0.05, 0.1) is 11.8 Å². The van der Waals surface area contributed by atoms with E-state index in [4.69, 9.17) is 16.3 Å². The lowest BCUT2D eigenvalue weighted by atomic mass is 10.0. The number of aromatic amines is 1. The van der Waals surface area contributed by atoms with Crippen molar-refractivity contribution in [2.24, 2.45) is 0 Å². The number of nitrogens with one attached hydrogen (secondary N) is 1. The lowest BCUT2D eigenvalue weighted by Gasteiger charge is -2.09. The number of halogens is 1. The molecule has 4 heteroatoms. The van der Waals surface area contributed by atoms with Gasteiger partial charge in [0.1, 0.15) is 6.61 Å². The van der Waals surface area contributed by atoms with Gasteiger partial charge in [-0.15, -0.1) is 11.6 Å². The number of fused-ring (bicyclic) bond motifs is 1. The van der Waals surface area contributed by atoms with E-state index in [1.165, 1.54) is 0 Å². The first-order valence-corrected chi connectivity index (χ1v) is 6.06. The molecule has 1 aromatic heterocycles. The molecule has 0 saturated heterocycles. The van der Waals surface area contributed by atoms with Crippen LogP contribution in [-0.2, 0) is 9.53 Å². The summed E-state index contributed by atoms with van der Waals surface area (Å²) in [6, 6.07) is 7.89. The van der Waals surface area contributed by atoms with Gasteiger partial charge in [0.15, 0.2) is 0 Å². The summed E-state index contributed by atoms with van der Waals surface area (Å²) < 4.78 is 5.04. The Morgan fingerprint density at radius 1 is 1.47 bits per heavy atom. The Labute approximate surface area is 105 Å². The Hall–Kier alpha value is -1.48. The largest absolute Gasteiger partial charge is 0.464 e. The average molecular weight is 252 g/mol. The highest BCUT2D eigenvalue weighted by Gasteiger charge is 2.19. The van der Waals surface area contributed by atoms with E-state index in [2.05, 4.69) is 4.98 Å². The number of aromatic nitrogens is 1. The van der Waals surface area contributed by atoms with Crippen LogP contribution in [-0.4, -0.2) is 23.4 Å². The standard InChI is InChI=1S/C13H14ClNO2/c1-9(13(16)17-7-6-14)11-8-15-12-5-3-2-4-10(11)12/h2-5,8-9,15H,6-7H2,1H3. The van der Waals surface area contributed by atoms with Crippen molar-refractivity contribution in [2.45, 2.75) is 12.8 Å². The molecule has 17 heavy (non-hydrogen) atoms. The quantitative estimate of drug-likeness (QED) is 0.670. The van der Waals surface area contributed by atoms with E-state index in [9.17, 15) is 4.79 Å². The minimum Gasteiger partial charge on any atom is -0.464 e. The lowest BCUT2D eigenvalue weighted by Crippen LogP contribution is -2.14. The number of rotatable bonds is 4. The zero-order chi connectivity index (χ0) is 12.3. The van der Waals surface area contributed by atoms with Crippen molar-refractivity contribution in [3.63, 3.8) is 0 Å². The van der Waals surface area contributed by atoms with Gasteiger partial charge >= 0.3 is 5.97 Å². The van der Waals surface area contributed by atoms with Gasteiger partial charge in [0, 0.05) is 17.1 Å². The zero-order valence-corrected chi connectivity index (χ0v) is 10.3. The lowest BCUT2D eigenvalue weighted by molar-refractivity contribution is -0.144. The van der Waals surface area contributed by atoms with Crippen LogP contribution < -0.4 is 0 Å². The molecule has 1 heterocycles. The summed E-state index contributed by atoms with van der Waals surface area (Å²) in [6.45, 7) is 2.10. The summed E-state index contributed by atoms with van der Waals surface area (Å²) in [5.41, 5.74) is 1.99. The van der Waals surface area contributed by atoms with Gasteiger partial charge in [-0.25, -0.2) is 0 Å². The molecule has 0 amide bonds. The molecule has 1 unspecified atom stereocenters. The highest BCUT2D eigenvalue weighted by Crippen LogP contribution is 2.26. The molecule has 0 saturated carbocycles. The smallest absolute Gasteiger partial charge is 0.313 e. The minimum absolute atomic E-state index is 0.240. The van der Waals surface area contributed by atoms with Gasteiger partial charge in [0.2, 0.25) is 0 Å². The Kier molecular flexibility index (Phi) is 3.69. The van der Waals surface area contributed by atoms with Crippen LogP contribution in [0.5, 0.6) is 0 Å². The maximum Gasteiger partial charge on any atom is 0.313 e. The number of carbonyl (C=O) groups excluding carboxylic acids is 1. The minimum atomic E-state index is -0.283. The van der Waals surface area contributed by atoms with E-state index in [0.29, 0.717) is 5.88 Å². The third-order valence-corrected chi connectivity index (χ3v) is 2.92. The fourth-order valence-corrected chi connectivity index (χ4v) is 1.92. The second kappa shape index (κ2) is 5.23. The summed E-state index contributed by atoms with van der Waals surface area (Å²) >= 11 is 5.49. The Balaban J connectivity index is 2.24. The number of carbonyl (C=O) groups is 1. The molecule has 0 aliphatic rings. The molecule has 0 aliphatic heterocycles. The first kappa shape index (κ1) is 12.0. The van der Waals surface area contributed by atoms with Crippen LogP contribution in [0.1, 0.15) is 18.4 Å². The number of benzene rings is 1. The van der Waals surface area contributed by atoms with Gasteiger partial charge in [-0.2, -0.15) is 0 Å². The van der Waals surface area contributed by atoms with Gasteiger partial charge < -0.3 is 9.72 Å². The summed E-state index contributed by atoms with van der Waals surface area (Å²) in [5, 5.41) is 1.06. The highest BCUT2D eigenvalue weighted by atomic mass is 35.5. The number of para-hydroxylation sites is 1. The topological polar surface area (TPSA) is 42.1 Å². The van der Waals surface area contributed by atoms with E-state index in [0.717, 1.165) is 16.5 Å². The monoisotopic (exact) mass is 251 g/mol. The predicted molar refractivity (Wildman–Crippen MR) is 68.4 cm³/mol. The van der Waals surface area contributed by atoms with Crippen LogP contribution >= 0.6 is 11.6 Å². The van der Waals surface area contributed by atoms with Gasteiger partial charge in [-0.1, -0.05) is 18.2 Å². The zero-order valence-electron chi connectivity index (χ0n) is 9.57. The molecule has 2 aromatic rings. The molecule has 0 spiro atoms. The highest BCUT2D eigenvalue weighted by molar-refractivity contribution is 6.18. The van der Waals surface area contributed by atoms with Crippen molar-refractivity contribution in [2.75, 3.05) is 12.5 Å². The number of ether oxygens (including phenoxy) is 1. The van der Waals surface area contributed by atoms with Crippen LogP contribution in [0.4, 0.5) is 0 Å². The normalized spacial score (nSPS) is 12.6. The summed E-state index contributed by atoms with van der Waals surface area (Å²) in [5.74, 6) is -0.198. The van der Waals surface area contributed by atoms with Crippen LogP contribution in [0.15, 0.2) is 30.5 Å². The Morgan fingerprint density at radius 3 is 3.00 bits per heavy atom. The maximum atomic E-state index is 11.7. The van der Waals surface area contributed by atoms with Crippen molar-refractivity contribution in [3.05, 3.63) is 36.0 Å². The molecule has 90 valence electrons. The fraction of sp³-hybridized carbons (Fsp3) is 0.308. The number of H-pyrrole nitrogens is 1. The molecule has 3 nitrogen and oxygen atoms in total. The molecule has 0 radical (unpaired) electrons. The van der Waals surface area contributed by atoms with E-state index in [-0.39, 0.29) is 18.5 Å². The second-order valence-corrected chi connectivity index (χ2v) is 4.25. The van der Waals surface area contributed by atoms with Gasteiger partial charge in [0.25, 0.3) is 0 Å². The Morgan fingerprint density at radius 2 is 2.24 bits per heavy atom. The summed E-state index contributed by atoms with van der Waals surface area (Å²) in [4.78, 5) is 14.9. The molecule has 0 aliphatic carbocycles. The molecule has 0 fully saturated rings. The van der Waals surface area contributed by atoms with Crippen molar-refractivity contribution in [3.8, 4) is 0 Å². The molecule has 1 atom stereocenters. The molecule has 1 aromatic carbocycles. The first-order chi connectivity index (χ1) is 8.24. The van der Waals surface area contributed by atoms with Crippen molar-refractivity contribution >= 4 is 28.5 Å². The van der Waals surface area contributed by atoms with Gasteiger partial charge in [-0.05, 0) is 18.6 Å². The second-order valence-electron chi connectivity index (χ2n) is 3.87. The van der Waals surface area contributed by atoms with Crippen LogP contribution in [0.3, 0.4) is 0 Å². The number of alkyl halides is 1. The number of esters is 1. The fourth-order valence-electron chi connectivity index (χ4n) is 1.84. The SMILES string of the molecule is CC(C(=O)OCCCl)c1c[nH]c2ccccc12. The van der Waals surface area contributed by atoms with Gasteiger partial charge in [-0.3, -0.25) is 4.79 Å². The van der Waals surface area contributed by atoms with E-state index < -0.39 is 0 Å². The number of hydrogen-bond donors (Lipinski definition) is 1. The predicted octanol–water partition coefficient (Wildman–Crippen LogP) is 3.05. The molecule has 1 N–H and O–H groups in total. The van der Waals surface area contributed by atoms with Crippen molar-refractivity contribution in [1.29, 1.82) is 0 Å². The van der Waals surface area contributed by atoms with Crippen LogP contribution in [0, 0.1) is 0 Å². The van der Waals surface area contributed by atoms with E-state index >= 15 is 0 Å². The molecular weight excluding hydrogens is 238 g/mol. The van der Waals surface area contributed by atoms with Crippen molar-refractivity contribution in [1.82, 2.24) is 4.98 Å². The third-order valence-electron chi connectivity index (χ3n) is 2.76. The van der Waals surface area contributed by atoms with Crippen molar-refractivity contribution < 1.29 is 9.53 Å². The molecule has 2 rings (SSSR count). The first-order valence-electron chi connectivity index (χ1n) is 5.52. The average Bonchev–Trinajstić information content (AvgIpc) is 2.78. The molecular formula is C13H14ClNO2. The number of hydrogen-bond acceptors (Lipinski definition) is 2. The third kappa shape index (κ3) is 2.44. The van der Waals surface area contributed by atoms with E-state index in [1.54, 1.807) is 0 Å². The molecule has 0 bridgehead atoms. The summed E-state index contributed by atoms with van der Waals surface area (Å²) in [7, 11) is 0. The van der Waals surface area contributed by atoms with Crippen LogP contribution in [0.2, 0.25) is 0 Å². The maximum absolute atomic E-state index is 11.7. The van der Waals surface area contributed by atoms with E-state index in [1.807, 2.05) is 37.4 Å². The Bertz CT molecular complexity index is 521. The summed E-state index contributed by atoms with van der Waals surface area (Å²) in [6.07, 6.45) is 1.86.